The smallest absolute Gasteiger partial charge is 0.276 e. The lowest BCUT2D eigenvalue weighted by Crippen LogP contribution is -2.48. The van der Waals surface area contributed by atoms with E-state index in [0.717, 1.165) is 44.0 Å². The Labute approximate surface area is 167 Å². The van der Waals surface area contributed by atoms with Crippen LogP contribution in [0.4, 0.5) is 20.2 Å². The summed E-state index contributed by atoms with van der Waals surface area (Å²) in [5.74, 6) is -1.58. The van der Waals surface area contributed by atoms with Crippen LogP contribution in [0, 0.1) is 28.7 Å². The summed E-state index contributed by atoms with van der Waals surface area (Å²) in [5.41, 5.74) is 0.404. The summed E-state index contributed by atoms with van der Waals surface area (Å²) in [6.07, 6.45) is 0. The molecule has 1 aliphatic rings. The molecule has 2 aromatic carbocycles. The second kappa shape index (κ2) is 8.95. The Morgan fingerprint density at radius 2 is 1.79 bits per heavy atom. The minimum atomic E-state index is -0.777. The molecule has 0 bridgehead atoms. The predicted molar refractivity (Wildman–Crippen MR) is 105 cm³/mol. The number of benzene rings is 2. The van der Waals surface area contributed by atoms with Gasteiger partial charge < -0.3 is 10.2 Å². The van der Waals surface area contributed by atoms with Crippen molar-refractivity contribution >= 4 is 17.3 Å². The Kier molecular flexibility index (Phi) is 6.38. The van der Waals surface area contributed by atoms with E-state index in [1.165, 1.54) is 19.1 Å². The van der Waals surface area contributed by atoms with Crippen LogP contribution < -0.4 is 10.2 Å². The summed E-state index contributed by atoms with van der Waals surface area (Å²) < 4.78 is 26.9. The molecule has 154 valence electrons. The number of anilines is 1. The topological polar surface area (TPSA) is 78.7 Å². The molecule has 9 heteroatoms. The van der Waals surface area contributed by atoms with Gasteiger partial charge in [-0.15, -0.1) is 0 Å². The second-order valence-corrected chi connectivity index (χ2v) is 6.92. The summed E-state index contributed by atoms with van der Waals surface area (Å²) in [5, 5.41) is 13.7. The number of nitrogens with zero attached hydrogens (tertiary/aromatic N) is 3. The third-order valence-corrected chi connectivity index (χ3v) is 5.05. The van der Waals surface area contributed by atoms with Crippen molar-refractivity contribution < 1.29 is 18.5 Å². The van der Waals surface area contributed by atoms with Gasteiger partial charge in [0.05, 0.1) is 10.5 Å². The van der Waals surface area contributed by atoms with E-state index in [1.54, 1.807) is 12.1 Å². The van der Waals surface area contributed by atoms with Crippen LogP contribution in [0.1, 0.15) is 15.9 Å². The van der Waals surface area contributed by atoms with Gasteiger partial charge in [0.1, 0.15) is 11.6 Å². The van der Waals surface area contributed by atoms with Crippen LogP contribution in [0.15, 0.2) is 36.4 Å². The molecule has 1 aliphatic heterocycles. The van der Waals surface area contributed by atoms with Gasteiger partial charge in [0.25, 0.3) is 11.6 Å². The fourth-order valence-corrected chi connectivity index (χ4v) is 3.30. The highest BCUT2D eigenvalue weighted by Crippen LogP contribution is 2.22. The van der Waals surface area contributed by atoms with Gasteiger partial charge in [-0.25, -0.2) is 8.78 Å². The molecule has 0 spiro atoms. The maximum atomic E-state index is 13.9. The lowest BCUT2D eigenvalue weighted by atomic mass is 10.1. The van der Waals surface area contributed by atoms with Crippen molar-refractivity contribution in [3.63, 3.8) is 0 Å². The van der Waals surface area contributed by atoms with Gasteiger partial charge in [-0.1, -0.05) is 0 Å². The largest absolute Gasteiger partial charge is 0.369 e. The molecule has 1 heterocycles. The van der Waals surface area contributed by atoms with Gasteiger partial charge in [-0.05, 0) is 37.3 Å². The van der Waals surface area contributed by atoms with Gasteiger partial charge in [0, 0.05) is 56.6 Å². The average Bonchev–Trinajstić information content (AvgIpc) is 2.70. The average molecular weight is 404 g/mol. The van der Waals surface area contributed by atoms with Crippen LogP contribution in [-0.4, -0.2) is 55.0 Å². The fraction of sp³-hybridized carbons (Fsp3) is 0.350. The van der Waals surface area contributed by atoms with E-state index in [0.29, 0.717) is 13.1 Å². The number of halogens is 2. The molecule has 2 aromatic rings. The van der Waals surface area contributed by atoms with Gasteiger partial charge in [0.15, 0.2) is 0 Å². The zero-order valence-electron chi connectivity index (χ0n) is 16.0. The molecule has 1 fully saturated rings. The van der Waals surface area contributed by atoms with Crippen molar-refractivity contribution in [2.24, 2.45) is 0 Å². The third-order valence-electron chi connectivity index (χ3n) is 5.05. The summed E-state index contributed by atoms with van der Waals surface area (Å²) in [7, 11) is 0. The minimum Gasteiger partial charge on any atom is -0.369 e. The Bertz CT molecular complexity index is 897. The monoisotopic (exact) mass is 404 g/mol. The maximum Gasteiger partial charge on any atom is 0.276 e. The van der Waals surface area contributed by atoms with Gasteiger partial charge in [-0.3, -0.25) is 19.8 Å². The van der Waals surface area contributed by atoms with E-state index in [2.05, 4.69) is 15.1 Å². The molecule has 0 saturated carbocycles. The summed E-state index contributed by atoms with van der Waals surface area (Å²) in [6.45, 7) is 5.42. The van der Waals surface area contributed by atoms with Crippen LogP contribution in [0.25, 0.3) is 0 Å². The molecule has 7 nitrogen and oxygen atoms in total. The highest BCUT2D eigenvalue weighted by atomic mass is 19.1. The molecule has 0 unspecified atom stereocenters. The second-order valence-electron chi connectivity index (χ2n) is 6.92. The number of nitrogens with one attached hydrogen (secondary N) is 1. The fourth-order valence-electron chi connectivity index (χ4n) is 3.30. The first-order chi connectivity index (χ1) is 13.8. The van der Waals surface area contributed by atoms with E-state index in [1.807, 2.05) is 0 Å². The number of hydrogen-bond donors (Lipinski definition) is 1. The van der Waals surface area contributed by atoms with E-state index >= 15 is 0 Å². The van der Waals surface area contributed by atoms with Crippen molar-refractivity contribution in [3.8, 4) is 0 Å². The molecule has 0 aliphatic carbocycles. The van der Waals surface area contributed by atoms with Crippen molar-refractivity contribution in [2.45, 2.75) is 6.92 Å². The van der Waals surface area contributed by atoms with E-state index < -0.39 is 22.3 Å². The molecule has 0 atom stereocenters. The Balaban J connectivity index is 1.48. The molecule has 1 N–H and O–H groups in total. The summed E-state index contributed by atoms with van der Waals surface area (Å²) >= 11 is 0. The Morgan fingerprint density at radius 1 is 1.14 bits per heavy atom. The predicted octanol–water partition coefficient (Wildman–Crippen LogP) is 2.73. The number of hydrogen-bond acceptors (Lipinski definition) is 5. The first-order valence-electron chi connectivity index (χ1n) is 9.31. The molecule has 0 aromatic heterocycles. The van der Waals surface area contributed by atoms with E-state index in [-0.39, 0.29) is 16.9 Å². The molecule has 3 rings (SSSR count). The number of carbonyl (C=O) groups is 1. The van der Waals surface area contributed by atoms with E-state index in [9.17, 15) is 23.7 Å². The number of carbonyl (C=O) groups excluding carboxylic acids is 1. The number of nitro groups is 1. The number of piperazine rings is 1. The Hall–Kier alpha value is -3.07. The van der Waals surface area contributed by atoms with Gasteiger partial charge in [0.2, 0.25) is 0 Å². The molecule has 29 heavy (non-hydrogen) atoms. The van der Waals surface area contributed by atoms with Crippen molar-refractivity contribution in [3.05, 3.63) is 69.3 Å². The number of rotatable bonds is 6. The molecular weight excluding hydrogens is 382 g/mol. The van der Waals surface area contributed by atoms with Crippen molar-refractivity contribution in [1.29, 1.82) is 0 Å². The maximum absolute atomic E-state index is 13.9. The first kappa shape index (κ1) is 20.7. The van der Waals surface area contributed by atoms with Crippen LogP contribution in [0.3, 0.4) is 0 Å². The van der Waals surface area contributed by atoms with E-state index in [4.69, 9.17) is 0 Å². The quantitative estimate of drug-likeness (QED) is 0.592. The highest BCUT2D eigenvalue weighted by molar-refractivity contribution is 5.95. The van der Waals surface area contributed by atoms with Crippen LogP contribution in [0.2, 0.25) is 0 Å². The summed E-state index contributed by atoms with van der Waals surface area (Å²) in [4.78, 5) is 26.9. The minimum absolute atomic E-state index is 0.0686. The summed E-state index contributed by atoms with van der Waals surface area (Å²) in [6, 6.07) is 8.50. The third kappa shape index (κ3) is 5.05. The van der Waals surface area contributed by atoms with Crippen LogP contribution in [0.5, 0.6) is 0 Å². The SMILES string of the molecule is Cc1c(F)cc(C(=O)NCCN2CCN(c3ccc(F)cc3)CC2)cc1[N+](=O)[O-]. The van der Waals surface area contributed by atoms with Crippen LogP contribution in [-0.2, 0) is 0 Å². The van der Waals surface area contributed by atoms with Gasteiger partial charge >= 0.3 is 0 Å². The normalized spacial score (nSPS) is 14.7. The molecule has 0 radical (unpaired) electrons. The lowest BCUT2D eigenvalue weighted by molar-refractivity contribution is -0.385. The molecule has 1 saturated heterocycles. The standard InChI is InChI=1S/C20H22F2N4O3/c1-14-18(22)12-15(13-19(14)26(28)29)20(27)23-6-7-24-8-10-25(11-9-24)17-4-2-16(21)3-5-17/h2-5,12-13H,6-11H2,1H3,(H,23,27). The molecular formula is C20H22F2N4O3. The van der Waals surface area contributed by atoms with Crippen molar-refractivity contribution in [2.75, 3.05) is 44.2 Å². The highest BCUT2D eigenvalue weighted by Gasteiger charge is 2.20. The lowest BCUT2D eigenvalue weighted by Gasteiger charge is -2.36. The number of amides is 1. The zero-order valence-corrected chi connectivity index (χ0v) is 16.0. The van der Waals surface area contributed by atoms with Crippen molar-refractivity contribution in [1.82, 2.24) is 10.2 Å². The van der Waals surface area contributed by atoms with Gasteiger partial charge in [-0.2, -0.15) is 0 Å². The number of nitro benzene ring substituents is 1. The first-order valence-corrected chi connectivity index (χ1v) is 9.31. The molecule has 1 amide bonds. The van der Waals surface area contributed by atoms with Crippen LogP contribution >= 0.6 is 0 Å². The zero-order chi connectivity index (χ0) is 21.0. The Morgan fingerprint density at radius 3 is 2.41 bits per heavy atom.